The van der Waals surface area contributed by atoms with Crippen molar-refractivity contribution in [1.82, 2.24) is 9.88 Å². The summed E-state index contributed by atoms with van der Waals surface area (Å²) in [6, 6.07) is 18.9. The van der Waals surface area contributed by atoms with Crippen molar-refractivity contribution in [1.29, 1.82) is 0 Å². The van der Waals surface area contributed by atoms with Gasteiger partial charge in [-0.1, -0.05) is 35.9 Å². The highest BCUT2D eigenvalue weighted by molar-refractivity contribution is 5.80. The molecule has 0 unspecified atom stereocenters. The van der Waals surface area contributed by atoms with E-state index in [0.29, 0.717) is 24.7 Å². The van der Waals surface area contributed by atoms with Gasteiger partial charge in [0.1, 0.15) is 30.0 Å². The Bertz CT molecular complexity index is 1070. The molecule has 1 atom stereocenters. The van der Waals surface area contributed by atoms with Crippen LogP contribution in [0.2, 0.25) is 0 Å². The second kappa shape index (κ2) is 11.7. The summed E-state index contributed by atoms with van der Waals surface area (Å²) in [5.74, 6) is 0.792. The maximum Gasteiger partial charge on any atom is 0.416 e. The van der Waals surface area contributed by atoms with Gasteiger partial charge < -0.3 is 19.5 Å². The lowest BCUT2D eigenvalue weighted by atomic mass is 10.2. The van der Waals surface area contributed by atoms with Crippen LogP contribution >= 0.6 is 0 Å². The predicted molar refractivity (Wildman–Crippen MR) is 129 cm³/mol. The number of hydrogen-bond donors (Lipinski definition) is 1. The van der Waals surface area contributed by atoms with E-state index in [9.17, 15) is 14.7 Å². The number of nitrogens with zero attached hydrogens (tertiary/aromatic N) is 3. The van der Waals surface area contributed by atoms with Gasteiger partial charge in [-0.3, -0.25) is 4.90 Å². The normalized spacial score (nSPS) is 11.4. The van der Waals surface area contributed by atoms with Crippen LogP contribution in [0.15, 0.2) is 72.9 Å². The quantitative estimate of drug-likeness (QED) is 0.477. The van der Waals surface area contributed by atoms with Crippen LogP contribution in [0.5, 0.6) is 11.5 Å². The monoisotopic (exact) mass is 463 g/mol. The van der Waals surface area contributed by atoms with E-state index in [-0.39, 0.29) is 6.54 Å². The molecular formula is C26H29N3O5. The van der Waals surface area contributed by atoms with E-state index >= 15 is 0 Å². The van der Waals surface area contributed by atoms with Crippen LogP contribution < -0.4 is 14.4 Å². The third kappa shape index (κ3) is 6.96. The van der Waals surface area contributed by atoms with E-state index < -0.39 is 18.1 Å². The fourth-order valence-corrected chi connectivity index (χ4v) is 3.14. The lowest BCUT2D eigenvalue weighted by molar-refractivity contribution is -0.142. The van der Waals surface area contributed by atoms with Crippen molar-refractivity contribution in [3.63, 3.8) is 0 Å². The fraction of sp³-hybridized carbons (Fsp3) is 0.269. The first-order chi connectivity index (χ1) is 16.3. The number of likely N-dealkylation sites (N-methyl/N-ethyl adjacent to an activating group) is 1. The number of carboxylic acids is 1. The molecule has 1 aromatic heterocycles. The number of carboxylic acid groups (broad SMARTS) is 1. The van der Waals surface area contributed by atoms with Gasteiger partial charge in [0, 0.05) is 19.8 Å². The molecule has 0 bridgehead atoms. The van der Waals surface area contributed by atoms with Crippen LogP contribution in [0.1, 0.15) is 18.1 Å². The van der Waals surface area contributed by atoms with Crippen LogP contribution in [0, 0.1) is 6.92 Å². The Morgan fingerprint density at radius 2 is 1.68 bits per heavy atom. The molecule has 0 aliphatic heterocycles. The maximum atomic E-state index is 12.7. The molecule has 1 N–H and O–H groups in total. The van der Waals surface area contributed by atoms with Crippen LogP contribution in [0.4, 0.5) is 10.6 Å². The first-order valence-corrected chi connectivity index (χ1v) is 11.0. The number of ether oxygens (including phenoxy) is 2. The molecule has 3 rings (SSSR count). The number of carbonyl (C=O) groups is 2. The molecular weight excluding hydrogens is 434 g/mol. The molecule has 0 saturated carbocycles. The van der Waals surface area contributed by atoms with Crippen molar-refractivity contribution in [3.8, 4) is 11.5 Å². The molecule has 3 aromatic rings. The second-order valence-electron chi connectivity index (χ2n) is 7.93. The zero-order valence-electron chi connectivity index (χ0n) is 19.5. The highest BCUT2D eigenvalue weighted by Gasteiger charge is 2.27. The molecule has 8 nitrogen and oxygen atoms in total. The third-order valence-electron chi connectivity index (χ3n) is 5.30. The SMILES string of the molecule is Cc1ccc(OC(=O)N(Cc2ccc(OCCN(C)c3ccccn3)cc2)[C@@H](C)C(=O)O)cc1. The summed E-state index contributed by atoms with van der Waals surface area (Å²) in [4.78, 5) is 31.8. The van der Waals surface area contributed by atoms with Crippen LogP contribution in [0.25, 0.3) is 0 Å². The minimum atomic E-state index is -1.11. The molecule has 0 fully saturated rings. The summed E-state index contributed by atoms with van der Waals surface area (Å²) in [6.07, 6.45) is 1.02. The van der Waals surface area contributed by atoms with E-state index in [1.807, 2.05) is 49.2 Å². The number of pyridine rings is 1. The number of anilines is 1. The molecule has 0 aliphatic rings. The lowest BCUT2D eigenvalue weighted by Crippen LogP contribution is -2.44. The van der Waals surface area contributed by atoms with Gasteiger partial charge in [0.05, 0.1) is 6.54 Å². The number of aromatic nitrogens is 1. The summed E-state index contributed by atoms with van der Waals surface area (Å²) in [6.45, 7) is 4.59. The van der Waals surface area contributed by atoms with Gasteiger partial charge in [-0.05, 0) is 55.8 Å². The lowest BCUT2D eigenvalue weighted by Gasteiger charge is -2.26. The predicted octanol–water partition coefficient (Wildman–Crippen LogP) is 4.38. The Balaban J connectivity index is 1.58. The number of amides is 1. The molecule has 0 saturated heterocycles. The Morgan fingerprint density at radius 3 is 2.29 bits per heavy atom. The number of hydrogen-bond acceptors (Lipinski definition) is 6. The maximum absolute atomic E-state index is 12.7. The van der Waals surface area contributed by atoms with Crippen molar-refractivity contribution in [2.45, 2.75) is 26.4 Å². The Labute approximate surface area is 199 Å². The smallest absolute Gasteiger partial charge is 0.416 e. The van der Waals surface area contributed by atoms with Crippen molar-refractivity contribution in [2.75, 3.05) is 25.1 Å². The van der Waals surface area contributed by atoms with E-state index in [1.54, 1.807) is 42.6 Å². The van der Waals surface area contributed by atoms with Crippen LogP contribution in [-0.4, -0.2) is 53.3 Å². The summed E-state index contributed by atoms with van der Waals surface area (Å²) >= 11 is 0. The minimum Gasteiger partial charge on any atom is -0.492 e. The molecule has 1 amide bonds. The molecule has 0 spiro atoms. The zero-order valence-corrected chi connectivity index (χ0v) is 19.5. The van der Waals surface area contributed by atoms with Gasteiger partial charge in [-0.2, -0.15) is 0 Å². The number of benzene rings is 2. The van der Waals surface area contributed by atoms with Gasteiger partial charge in [-0.15, -0.1) is 0 Å². The number of aryl methyl sites for hydroxylation is 1. The minimum absolute atomic E-state index is 0.0842. The topological polar surface area (TPSA) is 92.2 Å². The molecule has 2 aromatic carbocycles. The molecule has 34 heavy (non-hydrogen) atoms. The van der Waals surface area contributed by atoms with Crippen molar-refractivity contribution in [3.05, 3.63) is 84.1 Å². The molecule has 8 heteroatoms. The van der Waals surface area contributed by atoms with Crippen molar-refractivity contribution >= 4 is 17.9 Å². The first kappa shape index (κ1) is 24.6. The largest absolute Gasteiger partial charge is 0.492 e. The van der Waals surface area contributed by atoms with Gasteiger partial charge in [-0.25, -0.2) is 14.6 Å². The van der Waals surface area contributed by atoms with Crippen molar-refractivity contribution in [2.24, 2.45) is 0 Å². The van der Waals surface area contributed by atoms with E-state index in [4.69, 9.17) is 9.47 Å². The van der Waals surface area contributed by atoms with Gasteiger partial charge >= 0.3 is 12.1 Å². The van der Waals surface area contributed by atoms with Gasteiger partial charge in [0.15, 0.2) is 0 Å². The average molecular weight is 464 g/mol. The number of carbonyl (C=O) groups excluding carboxylic acids is 1. The van der Waals surface area contributed by atoms with Crippen LogP contribution in [-0.2, 0) is 11.3 Å². The Kier molecular flexibility index (Phi) is 8.45. The third-order valence-corrected chi connectivity index (χ3v) is 5.30. The summed E-state index contributed by atoms with van der Waals surface area (Å²) in [7, 11) is 1.95. The highest BCUT2D eigenvalue weighted by atomic mass is 16.6. The average Bonchev–Trinajstić information content (AvgIpc) is 2.84. The van der Waals surface area contributed by atoms with Crippen molar-refractivity contribution < 1.29 is 24.2 Å². The van der Waals surface area contributed by atoms with E-state index in [0.717, 1.165) is 16.9 Å². The molecule has 1 heterocycles. The summed E-state index contributed by atoms with van der Waals surface area (Å²) in [5.41, 5.74) is 1.79. The Hall–Kier alpha value is -4.07. The summed E-state index contributed by atoms with van der Waals surface area (Å²) in [5, 5.41) is 9.47. The van der Waals surface area contributed by atoms with Gasteiger partial charge in [0.25, 0.3) is 0 Å². The number of aliphatic carboxylic acids is 1. The zero-order chi connectivity index (χ0) is 24.5. The summed E-state index contributed by atoms with van der Waals surface area (Å²) < 4.78 is 11.2. The second-order valence-corrected chi connectivity index (χ2v) is 7.93. The molecule has 178 valence electrons. The first-order valence-electron chi connectivity index (χ1n) is 11.0. The van der Waals surface area contributed by atoms with E-state index in [2.05, 4.69) is 4.98 Å². The van der Waals surface area contributed by atoms with Crippen LogP contribution in [0.3, 0.4) is 0 Å². The standard InChI is InChI=1S/C26H29N3O5/c1-19-7-11-23(12-8-19)34-26(32)29(20(2)25(30)31)18-21-9-13-22(14-10-21)33-17-16-28(3)24-6-4-5-15-27-24/h4-15,20H,16-18H2,1-3H3,(H,30,31)/t20-/m0/s1. The molecule has 0 aliphatic carbocycles. The highest BCUT2D eigenvalue weighted by Crippen LogP contribution is 2.18. The van der Waals surface area contributed by atoms with E-state index in [1.165, 1.54) is 11.8 Å². The molecule has 0 radical (unpaired) electrons. The Morgan fingerprint density at radius 1 is 1.00 bits per heavy atom. The number of rotatable bonds is 10. The van der Waals surface area contributed by atoms with Gasteiger partial charge in [0.2, 0.25) is 0 Å². The fourth-order valence-electron chi connectivity index (χ4n) is 3.14.